The molecule has 0 aromatic heterocycles. The molecule has 0 fully saturated rings. The van der Waals surface area contributed by atoms with Crippen molar-refractivity contribution in [3.05, 3.63) is 57.6 Å². The second-order valence-corrected chi connectivity index (χ2v) is 5.14. The third-order valence-corrected chi connectivity index (χ3v) is 4.06. The molecule has 1 amide bonds. The zero-order chi connectivity index (χ0) is 13.3. The molecule has 2 nitrogen and oxygen atoms in total. The van der Waals surface area contributed by atoms with Crippen LogP contribution in [0.2, 0.25) is 0 Å². The highest BCUT2D eigenvalue weighted by Crippen LogP contribution is 2.29. The van der Waals surface area contributed by atoms with Crippen molar-refractivity contribution in [3.63, 3.8) is 0 Å². The topological polar surface area (TPSA) is 43.1 Å². The third kappa shape index (κ3) is 2.31. The summed E-state index contributed by atoms with van der Waals surface area (Å²) in [6.45, 7) is 4.18. The molecule has 18 heavy (non-hydrogen) atoms. The van der Waals surface area contributed by atoms with Crippen LogP contribution in [0.15, 0.2) is 40.9 Å². The van der Waals surface area contributed by atoms with Crippen molar-refractivity contribution in [2.75, 3.05) is 0 Å². The van der Waals surface area contributed by atoms with Crippen molar-refractivity contribution >= 4 is 21.8 Å². The average Bonchev–Trinajstić information content (AvgIpc) is 2.36. The molecule has 0 bridgehead atoms. The van der Waals surface area contributed by atoms with Crippen LogP contribution in [-0.2, 0) is 0 Å². The minimum Gasteiger partial charge on any atom is -0.366 e. The van der Waals surface area contributed by atoms with Crippen LogP contribution in [0.25, 0.3) is 11.1 Å². The van der Waals surface area contributed by atoms with Gasteiger partial charge in [-0.3, -0.25) is 4.79 Å². The monoisotopic (exact) mass is 303 g/mol. The highest BCUT2D eigenvalue weighted by Gasteiger charge is 2.07. The number of carbonyl (C=O) groups is 1. The van der Waals surface area contributed by atoms with E-state index in [4.69, 9.17) is 5.73 Å². The van der Waals surface area contributed by atoms with Crippen LogP contribution in [0.1, 0.15) is 21.5 Å². The van der Waals surface area contributed by atoms with Gasteiger partial charge >= 0.3 is 0 Å². The molecule has 0 unspecified atom stereocenters. The van der Waals surface area contributed by atoms with Gasteiger partial charge in [0, 0.05) is 10.0 Å². The Morgan fingerprint density at radius 3 is 2.17 bits per heavy atom. The van der Waals surface area contributed by atoms with E-state index in [1.165, 1.54) is 16.7 Å². The lowest BCUT2D eigenvalue weighted by molar-refractivity contribution is 0.100. The number of carbonyl (C=O) groups excluding carboxylic acids is 1. The molecule has 0 spiro atoms. The molecule has 0 saturated carbocycles. The lowest BCUT2D eigenvalue weighted by Gasteiger charge is -2.11. The lowest BCUT2D eigenvalue weighted by atomic mass is 9.96. The summed E-state index contributed by atoms with van der Waals surface area (Å²) in [5.74, 6) is -0.398. The molecule has 2 N–H and O–H groups in total. The van der Waals surface area contributed by atoms with Gasteiger partial charge in [-0.25, -0.2) is 0 Å². The van der Waals surface area contributed by atoms with Crippen molar-refractivity contribution in [2.24, 2.45) is 5.73 Å². The van der Waals surface area contributed by atoms with Crippen molar-refractivity contribution in [2.45, 2.75) is 13.8 Å². The Morgan fingerprint density at radius 1 is 1.00 bits per heavy atom. The van der Waals surface area contributed by atoms with Crippen molar-refractivity contribution in [3.8, 4) is 11.1 Å². The van der Waals surface area contributed by atoms with Crippen LogP contribution in [0.3, 0.4) is 0 Å². The zero-order valence-corrected chi connectivity index (χ0v) is 11.9. The summed E-state index contributed by atoms with van der Waals surface area (Å²) in [5, 5.41) is 0. The van der Waals surface area contributed by atoms with Gasteiger partial charge in [0.15, 0.2) is 0 Å². The molecule has 0 aliphatic rings. The van der Waals surface area contributed by atoms with Crippen LogP contribution in [0.4, 0.5) is 0 Å². The summed E-state index contributed by atoms with van der Waals surface area (Å²) < 4.78 is 1.11. The Kier molecular flexibility index (Phi) is 3.53. The summed E-state index contributed by atoms with van der Waals surface area (Å²) in [6.07, 6.45) is 0. The zero-order valence-electron chi connectivity index (χ0n) is 10.3. The molecule has 2 rings (SSSR count). The Morgan fingerprint density at radius 2 is 1.61 bits per heavy atom. The standard InChI is InChI=1S/C15H14BrNO/c1-9-10(2)14(16)8-7-13(9)11-3-5-12(6-4-11)15(17)18/h3-8H,1-2H3,(H2,17,18). The van der Waals surface area contributed by atoms with Crippen molar-refractivity contribution in [1.82, 2.24) is 0 Å². The van der Waals surface area contributed by atoms with E-state index in [-0.39, 0.29) is 0 Å². The molecule has 0 aliphatic carbocycles. The Hall–Kier alpha value is -1.61. The number of primary amides is 1. The van der Waals surface area contributed by atoms with Crippen LogP contribution >= 0.6 is 15.9 Å². The molecule has 2 aromatic rings. The molecule has 0 radical (unpaired) electrons. The van der Waals surface area contributed by atoms with Gasteiger partial charge < -0.3 is 5.73 Å². The van der Waals surface area contributed by atoms with Gasteiger partial charge in [-0.1, -0.05) is 34.1 Å². The molecule has 0 aliphatic heterocycles. The van der Waals surface area contributed by atoms with E-state index in [1.807, 2.05) is 18.2 Å². The number of nitrogens with two attached hydrogens (primary N) is 1. The predicted molar refractivity (Wildman–Crippen MR) is 77.6 cm³/mol. The lowest BCUT2D eigenvalue weighted by Crippen LogP contribution is -2.10. The molecule has 0 saturated heterocycles. The van der Waals surface area contributed by atoms with Crippen molar-refractivity contribution < 1.29 is 4.79 Å². The highest BCUT2D eigenvalue weighted by molar-refractivity contribution is 9.10. The largest absolute Gasteiger partial charge is 0.366 e. The number of benzene rings is 2. The SMILES string of the molecule is Cc1c(Br)ccc(-c2ccc(C(N)=O)cc2)c1C. The van der Waals surface area contributed by atoms with Crippen LogP contribution in [0, 0.1) is 13.8 Å². The number of hydrogen-bond acceptors (Lipinski definition) is 1. The van der Waals surface area contributed by atoms with E-state index in [2.05, 4.69) is 35.8 Å². The summed E-state index contributed by atoms with van der Waals surface area (Å²) in [7, 11) is 0. The van der Waals surface area contributed by atoms with Gasteiger partial charge in [0.25, 0.3) is 0 Å². The minimum absolute atomic E-state index is 0.398. The molecule has 0 atom stereocenters. The summed E-state index contributed by atoms with van der Waals surface area (Å²) in [6, 6.07) is 11.5. The Bertz CT molecular complexity index is 603. The highest BCUT2D eigenvalue weighted by atomic mass is 79.9. The van der Waals surface area contributed by atoms with E-state index < -0.39 is 5.91 Å². The Labute approximate surface area is 115 Å². The molecule has 3 heteroatoms. The van der Waals surface area contributed by atoms with E-state index in [9.17, 15) is 4.79 Å². The maximum Gasteiger partial charge on any atom is 0.248 e. The molecule has 2 aromatic carbocycles. The summed E-state index contributed by atoms with van der Waals surface area (Å²) in [4.78, 5) is 11.0. The van der Waals surface area contributed by atoms with Gasteiger partial charge in [0.05, 0.1) is 0 Å². The fraction of sp³-hybridized carbons (Fsp3) is 0.133. The molecule has 0 heterocycles. The fourth-order valence-corrected chi connectivity index (χ4v) is 2.34. The number of rotatable bonds is 2. The normalized spacial score (nSPS) is 10.4. The summed E-state index contributed by atoms with van der Waals surface area (Å²) in [5.41, 5.74) is 10.5. The van der Waals surface area contributed by atoms with Gasteiger partial charge in [-0.05, 0) is 54.3 Å². The molecule has 92 valence electrons. The smallest absolute Gasteiger partial charge is 0.248 e. The van der Waals surface area contributed by atoms with Gasteiger partial charge in [-0.2, -0.15) is 0 Å². The van der Waals surface area contributed by atoms with Crippen molar-refractivity contribution in [1.29, 1.82) is 0 Å². The number of amides is 1. The third-order valence-electron chi connectivity index (χ3n) is 3.20. The minimum atomic E-state index is -0.398. The van der Waals surface area contributed by atoms with Gasteiger partial charge in [0.2, 0.25) is 5.91 Å². The molecular formula is C15H14BrNO. The summed E-state index contributed by atoms with van der Waals surface area (Å²) >= 11 is 3.52. The van der Waals surface area contributed by atoms with Crippen LogP contribution in [0.5, 0.6) is 0 Å². The first-order valence-corrected chi connectivity index (χ1v) is 6.46. The van der Waals surface area contributed by atoms with E-state index in [0.29, 0.717) is 5.56 Å². The first-order chi connectivity index (χ1) is 8.50. The molecular weight excluding hydrogens is 290 g/mol. The fourth-order valence-electron chi connectivity index (χ4n) is 1.91. The van der Waals surface area contributed by atoms with Crippen LogP contribution < -0.4 is 5.73 Å². The van der Waals surface area contributed by atoms with E-state index >= 15 is 0 Å². The second kappa shape index (κ2) is 4.94. The average molecular weight is 304 g/mol. The number of hydrogen-bond donors (Lipinski definition) is 1. The predicted octanol–water partition coefficient (Wildman–Crippen LogP) is 3.83. The van der Waals surface area contributed by atoms with Gasteiger partial charge in [-0.15, -0.1) is 0 Å². The quantitative estimate of drug-likeness (QED) is 0.900. The van der Waals surface area contributed by atoms with E-state index in [1.54, 1.807) is 12.1 Å². The number of halogens is 1. The van der Waals surface area contributed by atoms with Crippen LogP contribution in [-0.4, -0.2) is 5.91 Å². The maximum atomic E-state index is 11.0. The first kappa shape index (κ1) is 12.8. The second-order valence-electron chi connectivity index (χ2n) is 4.29. The van der Waals surface area contributed by atoms with E-state index in [0.717, 1.165) is 10.0 Å². The first-order valence-electron chi connectivity index (χ1n) is 5.66. The maximum absolute atomic E-state index is 11.0. The van der Waals surface area contributed by atoms with Gasteiger partial charge in [0.1, 0.15) is 0 Å². The Balaban J connectivity index is 2.49.